The third kappa shape index (κ3) is 3.59. The largest absolute Gasteiger partial charge is 0.383 e. The van der Waals surface area contributed by atoms with Crippen molar-refractivity contribution in [3.63, 3.8) is 0 Å². The summed E-state index contributed by atoms with van der Waals surface area (Å²) in [5, 5.41) is 5.97. The lowest BCUT2D eigenvalue weighted by atomic mass is 10.2. The molecule has 1 aliphatic heterocycles. The second-order valence-electron chi connectivity index (χ2n) is 7.65. The summed E-state index contributed by atoms with van der Waals surface area (Å²) in [6, 6.07) is 5.88. The lowest BCUT2D eigenvalue weighted by molar-refractivity contribution is 0.186. The zero-order valence-corrected chi connectivity index (χ0v) is 17.6. The molecule has 0 atom stereocenters. The highest BCUT2D eigenvalue weighted by atomic mass is 16.5. The molecule has 0 spiro atoms. The molecule has 31 heavy (non-hydrogen) atoms. The van der Waals surface area contributed by atoms with Crippen LogP contribution in [-0.2, 0) is 18.3 Å². The Hall–Kier alpha value is -3.53. The Morgan fingerprint density at radius 3 is 2.65 bits per heavy atom. The maximum atomic E-state index is 12.7. The number of ether oxygens (including phenoxy) is 1. The molecule has 1 saturated heterocycles. The standard InChI is InChI=1S/C21H24N8O2/c1-26-12-17-19(25-26)22-13-23-20(17)28-7-5-27(6-8-28)15-3-4-16-18(11-15)24-14-29(21(16)30)9-10-31-2/h3-4,11-14H,5-10H2,1-2H3. The SMILES string of the molecule is COCCn1cnc2cc(N3CCN(c4ncnc5nn(C)cc45)CC3)ccc2c1=O. The quantitative estimate of drug-likeness (QED) is 0.473. The molecular weight excluding hydrogens is 396 g/mol. The van der Waals surface area contributed by atoms with E-state index in [1.165, 1.54) is 0 Å². The van der Waals surface area contributed by atoms with Crippen molar-refractivity contribution in [3.05, 3.63) is 47.4 Å². The van der Waals surface area contributed by atoms with Crippen LogP contribution in [0.2, 0.25) is 0 Å². The molecule has 0 saturated carbocycles. The fourth-order valence-corrected chi connectivity index (χ4v) is 4.06. The van der Waals surface area contributed by atoms with Gasteiger partial charge in [-0.2, -0.15) is 5.10 Å². The van der Waals surface area contributed by atoms with Crippen LogP contribution >= 0.6 is 0 Å². The molecule has 0 bridgehead atoms. The second-order valence-corrected chi connectivity index (χ2v) is 7.65. The van der Waals surface area contributed by atoms with Crippen molar-refractivity contribution >= 4 is 33.4 Å². The number of benzene rings is 1. The maximum absolute atomic E-state index is 12.7. The third-order valence-corrected chi connectivity index (χ3v) is 5.70. The molecule has 4 heterocycles. The Balaban J connectivity index is 1.34. The zero-order chi connectivity index (χ0) is 21.4. The maximum Gasteiger partial charge on any atom is 0.261 e. The number of anilines is 2. The molecule has 0 amide bonds. The molecule has 1 aliphatic rings. The molecule has 3 aromatic heterocycles. The minimum atomic E-state index is -0.0392. The molecule has 0 radical (unpaired) electrons. The van der Waals surface area contributed by atoms with Crippen LogP contribution in [-0.4, -0.2) is 69.2 Å². The van der Waals surface area contributed by atoms with Crippen LogP contribution in [0.1, 0.15) is 0 Å². The van der Waals surface area contributed by atoms with Gasteiger partial charge in [-0.05, 0) is 18.2 Å². The molecule has 0 aliphatic carbocycles. The molecule has 10 heteroatoms. The van der Waals surface area contributed by atoms with Gasteiger partial charge in [0, 0.05) is 52.2 Å². The fourth-order valence-electron chi connectivity index (χ4n) is 4.06. The predicted molar refractivity (Wildman–Crippen MR) is 119 cm³/mol. The van der Waals surface area contributed by atoms with E-state index < -0.39 is 0 Å². The van der Waals surface area contributed by atoms with Crippen LogP contribution in [0.5, 0.6) is 0 Å². The van der Waals surface area contributed by atoms with Gasteiger partial charge in [0.2, 0.25) is 0 Å². The number of nitrogens with zero attached hydrogens (tertiary/aromatic N) is 8. The van der Waals surface area contributed by atoms with Gasteiger partial charge in [0.05, 0.1) is 35.8 Å². The Kier molecular flexibility index (Phi) is 4.99. The van der Waals surface area contributed by atoms with Crippen LogP contribution in [0.3, 0.4) is 0 Å². The van der Waals surface area contributed by atoms with Gasteiger partial charge in [-0.3, -0.25) is 14.0 Å². The monoisotopic (exact) mass is 420 g/mol. The summed E-state index contributed by atoms with van der Waals surface area (Å²) in [7, 11) is 3.51. The van der Waals surface area contributed by atoms with Gasteiger partial charge in [0.25, 0.3) is 5.56 Å². The van der Waals surface area contributed by atoms with Crippen LogP contribution in [0, 0.1) is 0 Å². The predicted octanol–water partition coefficient (Wildman–Crippen LogP) is 1.05. The molecular formula is C21H24N8O2. The van der Waals surface area contributed by atoms with Crippen LogP contribution in [0.4, 0.5) is 11.5 Å². The van der Waals surface area contributed by atoms with E-state index in [9.17, 15) is 4.79 Å². The van der Waals surface area contributed by atoms with Crippen molar-refractivity contribution in [2.75, 3.05) is 49.7 Å². The fraction of sp³-hybridized carbons (Fsp3) is 0.381. The number of aryl methyl sites for hydroxylation is 1. The van der Waals surface area contributed by atoms with Gasteiger partial charge >= 0.3 is 0 Å². The van der Waals surface area contributed by atoms with Gasteiger partial charge in [0.15, 0.2) is 5.65 Å². The van der Waals surface area contributed by atoms with Crippen molar-refractivity contribution in [3.8, 4) is 0 Å². The van der Waals surface area contributed by atoms with Crippen molar-refractivity contribution in [2.24, 2.45) is 7.05 Å². The highest BCUT2D eigenvalue weighted by Crippen LogP contribution is 2.25. The van der Waals surface area contributed by atoms with Gasteiger partial charge in [-0.25, -0.2) is 15.0 Å². The van der Waals surface area contributed by atoms with E-state index in [0.29, 0.717) is 29.7 Å². The Labute approximate surface area is 178 Å². The molecule has 1 fully saturated rings. The summed E-state index contributed by atoms with van der Waals surface area (Å²) in [6.07, 6.45) is 5.14. The van der Waals surface area contributed by atoms with E-state index in [2.05, 4.69) is 29.9 Å². The Morgan fingerprint density at radius 1 is 1.03 bits per heavy atom. The lowest BCUT2D eigenvalue weighted by Gasteiger charge is -2.36. The summed E-state index contributed by atoms with van der Waals surface area (Å²) in [5.74, 6) is 0.925. The van der Waals surface area contributed by atoms with Gasteiger partial charge < -0.3 is 14.5 Å². The molecule has 4 aromatic rings. The van der Waals surface area contributed by atoms with E-state index >= 15 is 0 Å². The first-order valence-electron chi connectivity index (χ1n) is 10.3. The van der Waals surface area contributed by atoms with Gasteiger partial charge in [-0.15, -0.1) is 0 Å². The number of piperazine rings is 1. The smallest absolute Gasteiger partial charge is 0.261 e. The molecule has 0 N–H and O–H groups in total. The number of methoxy groups -OCH3 is 1. The van der Waals surface area contributed by atoms with Crippen molar-refractivity contribution in [1.82, 2.24) is 29.3 Å². The first-order chi connectivity index (χ1) is 15.1. The minimum Gasteiger partial charge on any atom is -0.383 e. The third-order valence-electron chi connectivity index (χ3n) is 5.70. The lowest BCUT2D eigenvalue weighted by Crippen LogP contribution is -2.46. The number of aromatic nitrogens is 6. The van der Waals surface area contributed by atoms with E-state index in [4.69, 9.17) is 4.74 Å². The molecule has 0 unspecified atom stereocenters. The van der Waals surface area contributed by atoms with Crippen LogP contribution in [0.15, 0.2) is 41.8 Å². The average molecular weight is 420 g/mol. The van der Waals surface area contributed by atoms with Gasteiger partial charge in [-0.1, -0.05) is 0 Å². The molecule has 1 aromatic carbocycles. The minimum absolute atomic E-state index is 0.0392. The van der Waals surface area contributed by atoms with Crippen molar-refractivity contribution < 1.29 is 4.74 Å². The van der Waals surface area contributed by atoms with Crippen LogP contribution < -0.4 is 15.4 Å². The van der Waals surface area contributed by atoms with E-state index in [0.717, 1.165) is 43.1 Å². The summed E-state index contributed by atoms with van der Waals surface area (Å²) in [4.78, 5) is 30.5. The van der Waals surface area contributed by atoms with E-state index in [1.54, 1.807) is 29.0 Å². The average Bonchev–Trinajstić information content (AvgIpc) is 3.19. The molecule has 10 nitrogen and oxygen atoms in total. The summed E-state index contributed by atoms with van der Waals surface area (Å²) in [5.41, 5.74) is 2.46. The number of rotatable bonds is 5. The first-order valence-corrected chi connectivity index (χ1v) is 10.3. The topological polar surface area (TPSA) is 94.2 Å². The number of fused-ring (bicyclic) bond motifs is 2. The normalized spacial score (nSPS) is 14.6. The van der Waals surface area contributed by atoms with Crippen molar-refractivity contribution in [2.45, 2.75) is 6.54 Å². The number of hydrogen-bond acceptors (Lipinski definition) is 8. The molecule has 5 rings (SSSR count). The summed E-state index contributed by atoms with van der Waals surface area (Å²) >= 11 is 0. The van der Waals surface area contributed by atoms with Crippen molar-refractivity contribution in [1.29, 1.82) is 0 Å². The highest BCUT2D eigenvalue weighted by Gasteiger charge is 2.21. The van der Waals surface area contributed by atoms with E-state index in [1.807, 2.05) is 31.4 Å². The first kappa shape index (κ1) is 19.4. The second kappa shape index (κ2) is 7.95. The summed E-state index contributed by atoms with van der Waals surface area (Å²) in [6.45, 7) is 4.35. The zero-order valence-electron chi connectivity index (χ0n) is 17.6. The van der Waals surface area contributed by atoms with Gasteiger partial charge in [0.1, 0.15) is 12.1 Å². The number of hydrogen-bond donors (Lipinski definition) is 0. The molecule has 160 valence electrons. The summed E-state index contributed by atoms with van der Waals surface area (Å²) < 4.78 is 8.42. The van der Waals surface area contributed by atoms with Crippen LogP contribution in [0.25, 0.3) is 21.9 Å². The Bertz CT molecular complexity index is 1290. The Morgan fingerprint density at radius 2 is 1.84 bits per heavy atom. The van der Waals surface area contributed by atoms with E-state index in [-0.39, 0.29) is 5.56 Å². The highest BCUT2D eigenvalue weighted by molar-refractivity contribution is 5.86.